The number of hydrogen-bond acceptors (Lipinski definition) is 2. The van der Waals surface area contributed by atoms with Crippen molar-refractivity contribution >= 4 is 11.9 Å². The molecule has 0 spiro atoms. The van der Waals surface area contributed by atoms with Crippen molar-refractivity contribution in [2.75, 3.05) is 13.1 Å². The molecule has 2 aromatic rings. The summed E-state index contributed by atoms with van der Waals surface area (Å²) in [6.45, 7) is 7.97. The van der Waals surface area contributed by atoms with Gasteiger partial charge in [0.05, 0.1) is 0 Å². The van der Waals surface area contributed by atoms with E-state index in [-0.39, 0.29) is 23.9 Å². The smallest absolute Gasteiger partial charge is 0.317 e. The van der Waals surface area contributed by atoms with Gasteiger partial charge in [0.25, 0.3) is 5.91 Å². The maximum absolute atomic E-state index is 12.6. The molecule has 0 saturated carbocycles. The molecule has 5 nitrogen and oxygen atoms in total. The molecule has 3 amide bonds. The van der Waals surface area contributed by atoms with Crippen LogP contribution in [0.4, 0.5) is 4.79 Å². The van der Waals surface area contributed by atoms with Gasteiger partial charge in [-0.1, -0.05) is 42.0 Å². The highest BCUT2D eigenvalue weighted by Gasteiger charge is 2.25. The quantitative estimate of drug-likeness (QED) is 0.799. The Bertz CT molecular complexity index is 863. The standard InChI is InChI=1S/C24H31N3O2/c1-17(2)26-24(29)27-12-6-11-22(16-27)20-9-5-10-21(14-20)23(28)25-15-19-8-4-7-18(3)13-19/h4-5,7-10,13-14,17,22H,6,11-12,15-16H2,1-3H3,(H,25,28)(H,26,29)/t22-/m1/s1. The molecule has 5 heteroatoms. The van der Waals surface area contributed by atoms with Gasteiger partial charge in [-0.05, 0) is 56.9 Å². The molecule has 154 valence electrons. The van der Waals surface area contributed by atoms with Crippen molar-refractivity contribution in [2.24, 2.45) is 0 Å². The molecule has 2 N–H and O–H groups in total. The molecule has 0 unspecified atom stereocenters. The van der Waals surface area contributed by atoms with Crippen molar-refractivity contribution in [2.45, 2.75) is 52.1 Å². The summed E-state index contributed by atoms with van der Waals surface area (Å²) >= 11 is 0. The van der Waals surface area contributed by atoms with Gasteiger partial charge in [-0.15, -0.1) is 0 Å². The summed E-state index contributed by atoms with van der Waals surface area (Å²) in [4.78, 5) is 26.9. The fourth-order valence-electron chi connectivity index (χ4n) is 3.81. The van der Waals surface area contributed by atoms with Crippen molar-refractivity contribution in [1.29, 1.82) is 0 Å². The van der Waals surface area contributed by atoms with E-state index in [1.165, 1.54) is 5.56 Å². The fourth-order valence-corrected chi connectivity index (χ4v) is 3.81. The van der Waals surface area contributed by atoms with Gasteiger partial charge < -0.3 is 15.5 Å². The van der Waals surface area contributed by atoms with Crippen molar-refractivity contribution < 1.29 is 9.59 Å². The molecular weight excluding hydrogens is 362 g/mol. The minimum atomic E-state index is -0.0708. The Balaban J connectivity index is 1.63. The molecule has 0 bridgehead atoms. The third-order valence-electron chi connectivity index (χ3n) is 5.28. The highest BCUT2D eigenvalue weighted by molar-refractivity contribution is 5.94. The number of likely N-dealkylation sites (tertiary alicyclic amines) is 1. The molecule has 3 rings (SSSR count). The van der Waals surface area contributed by atoms with Gasteiger partial charge >= 0.3 is 6.03 Å². The largest absolute Gasteiger partial charge is 0.348 e. The first kappa shape index (κ1) is 20.9. The lowest BCUT2D eigenvalue weighted by atomic mass is 9.89. The van der Waals surface area contributed by atoms with Crippen LogP contribution in [0.25, 0.3) is 0 Å². The Morgan fingerprint density at radius 1 is 1.14 bits per heavy atom. The molecule has 0 radical (unpaired) electrons. The van der Waals surface area contributed by atoms with E-state index >= 15 is 0 Å². The van der Waals surface area contributed by atoms with Crippen LogP contribution in [0.2, 0.25) is 0 Å². The summed E-state index contributed by atoms with van der Waals surface area (Å²) in [6, 6.07) is 16.1. The van der Waals surface area contributed by atoms with Crippen LogP contribution in [0.1, 0.15) is 59.7 Å². The summed E-state index contributed by atoms with van der Waals surface area (Å²) in [5, 5.41) is 5.98. The second kappa shape index (κ2) is 9.59. The number of benzene rings is 2. The van der Waals surface area contributed by atoms with Crippen LogP contribution >= 0.6 is 0 Å². The van der Waals surface area contributed by atoms with Crippen molar-refractivity contribution in [1.82, 2.24) is 15.5 Å². The number of rotatable bonds is 5. The molecule has 1 heterocycles. The predicted octanol–water partition coefficient (Wildman–Crippen LogP) is 4.22. The van der Waals surface area contributed by atoms with Gasteiger partial charge in [0.1, 0.15) is 0 Å². The number of nitrogens with one attached hydrogen (secondary N) is 2. The molecule has 1 aliphatic heterocycles. The second-order valence-corrected chi connectivity index (χ2v) is 8.19. The lowest BCUT2D eigenvalue weighted by Crippen LogP contribution is -2.47. The maximum atomic E-state index is 12.6. The number of urea groups is 1. The van der Waals surface area contributed by atoms with Gasteiger partial charge in [0, 0.05) is 37.2 Å². The summed E-state index contributed by atoms with van der Waals surface area (Å²) < 4.78 is 0. The van der Waals surface area contributed by atoms with Crippen LogP contribution in [-0.4, -0.2) is 36.0 Å². The van der Waals surface area contributed by atoms with Crippen LogP contribution < -0.4 is 10.6 Å². The van der Waals surface area contributed by atoms with E-state index < -0.39 is 0 Å². The zero-order chi connectivity index (χ0) is 20.8. The van der Waals surface area contributed by atoms with Gasteiger partial charge in [-0.3, -0.25) is 4.79 Å². The Kier molecular flexibility index (Phi) is 6.91. The first-order valence-corrected chi connectivity index (χ1v) is 10.4. The Labute approximate surface area is 173 Å². The summed E-state index contributed by atoms with van der Waals surface area (Å²) in [5.74, 6) is 0.185. The summed E-state index contributed by atoms with van der Waals surface area (Å²) in [6.07, 6.45) is 2.00. The van der Waals surface area contributed by atoms with E-state index in [4.69, 9.17) is 0 Å². The van der Waals surface area contributed by atoms with Crippen molar-refractivity contribution in [3.05, 3.63) is 70.8 Å². The molecule has 1 fully saturated rings. The average molecular weight is 394 g/mol. The molecule has 0 aromatic heterocycles. The topological polar surface area (TPSA) is 61.4 Å². The normalized spacial score (nSPS) is 16.6. The molecule has 1 saturated heterocycles. The fraction of sp³-hybridized carbons (Fsp3) is 0.417. The van der Waals surface area contributed by atoms with Crippen LogP contribution in [0, 0.1) is 6.92 Å². The van der Waals surface area contributed by atoms with E-state index in [0.29, 0.717) is 18.7 Å². The number of amides is 3. The van der Waals surface area contributed by atoms with E-state index in [0.717, 1.165) is 30.5 Å². The Hall–Kier alpha value is -2.82. The third kappa shape index (κ3) is 5.83. The maximum Gasteiger partial charge on any atom is 0.317 e. The predicted molar refractivity (Wildman–Crippen MR) is 116 cm³/mol. The van der Waals surface area contributed by atoms with Gasteiger partial charge in [-0.2, -0.15) is 0 Å². The van der Waals surface area contributed by atoms with E-state index in [1.54, 1.807) is 0 Å². The lowest BCUT2D eigenvalue weighted by Gasteiger charge is -2.33. The number of nitrogens with zero attached hydrogens (tertiary/aromatic N) is 1. The van der Waals surface area contributed by atoms with Gasteiger partial charge in [0.15, 0.2) is 0 Å². The molecule has 1 atom stereocenters. The number of aryl methyl sites for hydroxylation is 1. The van der Waals surface area contributed by atoms with Gasteiger partial charge in [-0.25, -0.2) is 4.79 Å². The number of carbonyl (C=O) groups is 2. The molecule has 29 heavy (non-hydrogen) atoms. The summed E-state index contributed by atoms with van der Waals surface area (Å²) in [5.41, 5.74) is 4.06. The Morgan fingerprint density at radius 3 is 2.69 bits per heavy atom. The first-order valence-electron chi connectivity index (χ1n) is 10.4. The monoisotopic (exact) mass is 393 g/mol. The van der Waals surface area contributed by atoms with Crippen LogP contribution in [0.15, 0.2) is 48.5 Å². The molecule has 1 aliphatic rings. The minimum absolute atomic E-state index is 0.00301. The number of piperidine rings is 1. The highest BCUT2D eigenvalue weighted by atomic mass is 16.2. The average Bonchev–Trinajstić information content (AvgIpc) is 2.72. The van der Waals surface area contributed by atoms with E-state index in [2.05, 4.69) is 22.8 Å². The SMILES string of the molecule is Cc1cccc(CNC(=O)c2cccc([C@@H]3CCCN(C(=O)NC(C)C)C3)c2)c1. The first-order chi connectivity index (χ1) is 13.9. The van der Waals surface area contributed by atoms with Crippen molar-refractivity contribution in [3.8, 4) is 0 Å². The molecular formula is C24H31N3O2. The van der Waals surface area contributed by atoms with Crippen molar-refractivity contribution in [3.63, 3.8) is 0 Å². The van der Waals surface area contributed by atoms with E-state index in [9.17, 15) is 9.59 Å². The molecule has 2 aromatic carbocycles. The van der Waals surface area contributed by atoms with Crippen LogP contribution in [0.5, 0.6) is 0 Å². The number of hydrogen-bond donors (Lipinski definition) is 2. The van der Waals surface area contributed by atoms with E-state index in [1.807, 2.05) is 62.1 Å². The lowest BCUT2D eigenvalue weighted by molar-refractivity contribution is 0.0950. The number of carbonyl (C=O) groups excluding carboxylic acids is 2. The second-order valence-electron chi connectivity index (χ2n) is 8.19. The Morgan fingerprint density at radius 2 is 1.93 bits per heavy atom. The highest BCUT2D eigenvalue weighted by Crippen LogP contribution is 2.27. The zero-order valence-corrected chi connectivity index (χ0v) is 17.6. The van der Waals surface area contributed by atoms with Crippen LogP contribution in [-0.2, 0) is 6.54 Å². The zero-order valence-electron chi connectivity index (χ0n) is 17.6. The minimum Gasteiger partial charge on any atom is -0.348 e. The molecule has 0 aliphatic carbocycles. The van der Waals surface area contributed by atoms with Crippen LogP contribution in [0.3, 0.4) is 0 Å². The third-order valence-corrected chi connectivity index (χ3v) is 5.28. The summed E-state index contributed by atoms with van der Waals surface area (Å²) in [7, 11) is 0. The van der Waals surface area contributed by atoms with Gasteiger partial charge in [0.2, 0.25) is 0 Å².